The zero-order valence-electron chi connectivity index (χ0n) is 7.54. The molecule has 0 bridgehead atoms. The van der Waals surface area contributed by atoms with E-state index in [1.54, 1.807) is 12.1 Å². The molecule has 0 fully saturated rings. The van der Waals surface area contributed by atoms with E-state index in [-0.39, 0.29) is 17.1 Å². The van der Waals surface area contributed by atoms with Gasteiger partial charge in [0.25, 0.3) is 0 Å². The average molecular weight is 269 g/mol. The molecule has 0 aliphatic heterocycles. The van der Waals surface area contributed by atoms with Crippen LogP contribution in [0.1, 0.15) is 16.1 Å². The lowest BCUT2D eigenvalue weighted by atomic mass is 10.1. The van der Waals surface area contributed by atoms with E-state index in [2.05, 4.69) is 15.9 Å². The van der Waals surface area contributed by atoms with Crippen molar-refractivity contribution in [1.82, 2.24) is 0 Å². The van der Waals surface area contributed by atoms with Crippen LogP contribution in [0.2, 0.25) is 0 Å². The number of hydrogen-bond donors (Lipinski definition) is 0. The third-order valence-electron chi connectivity index (χ3n) is 1.92. The van der Waals surface area contributed by atoms with Crippen LogP contribution in [0.4, 0.5) is 4.39 Å². The van der Waals surface area contributed by atoms with Crippen LogP contribution in [-0.2, 0) is 0 Å². The first kappa shape index (κ1) is 10.1. The summed E-state index contributed by atoms with van der Waals surface area (Å²) in [5.41, 5.74) is 0.255. The van der Waals surface area contributed by atoms with Crippen molar-refractivity contribution in [2.24, 2.45) is 0 Å². The van der Waals surface area contributed by atoms with E-state index in [9.17, 15) is 9.18 Å². The molecule has 2 rings (SSSR count). The Morgan fingerprint density at radius 3 is 2.80 bits per heavy atom. The summed E-state index contributed by atoms with van der Waals surface area (Å²) in [6.45, 7) is 0. The summed E-state index contributed by atoms with van der Waals surface area (Å²) in [5.74, 6) is -0.596. The Hall–Kier alpha value is -1.42. The quantitative estimate of drug-likeness (QED) is 0.782. The van der Waals surface area contributed by atoms with Crippen LogP contribution >= 0.6 is 15.9 Å². The number of carbonyl (C=O) groups is 1. The first-order valence-electron chi connectivity index (χ1n) is 4.22. The maximum atomic E-state index is 12.9. The zero-order chi connectivity index (χ0) is 10.8. The first-order chi connectivity index (χ1) is 7.18. The highest BCUT2D eigenvalue weighted by Crippen LogP contribution is 2.21. The molecule has 1 aromatic carbocycles. The fourth-order valence-corrected chi connectivity index (χ4v) is 1.64. The van der Waals surface area contributed by atoms with Crippen LogP contribution in [0.3, 0.4) is 0 Å². The predicted octanol–water partition coefficient (Wildman–Crippen LogP) is 3.41. The van der Waals surface area contributed by atoms with Gasteiger partial charge in [-0.2, -0.15) is 0 Å². The average Bonchev–Trinajstić information content (AvgIpc) is 2.74. The Labute approximate surface area is 93.8 Å². The number of hydrogen-bond acceptors (Lipinski definition) is 2. The Kier molecular flexibility index (Phi) is 2.68. The van der Waals surface area contributed by atoms with Gasteiger partial charge in [-0.15, -0.1) is 0 Å². The van der Waals surface area contributed by atoms with Crippen molar-refractivity contribution >= 4 is 21.7 Å². The van der Waals surface area contributed by atoms with Gasteiger partial charge >= 0.3 is 0 Å². The monoisotopic (exact) mass is 268 g/mol. The normalized spacial score (nSPS) is 10.3. The van der Waals surface area contributed by atoms with E-state index in [1.807, 2.05) is 0 Å². The molecule has 1 aromatic heterocycles. The highest BCUT2D eigenvalue weighted by atomic mass is 79.9. The van der Waals surface area contributed by atoms with Crippen molar-refractivity contribution in [3.63, 3.8) is 0 Å². The topological polar surface area (TPSA) is 30.2 Å². The molecule has 0 N–H and O–H groups in total. The van der Waals surface area contributed by atoms with Crippen molar-refractivity contribution in [3.8, 4) is 0 Å². The maximum absolute atomic E-state index is 12.9. The van der Waals surface area contributed by atoms with Gasteiger partial charge in [-0.05, 0) is 30.3 Å². The Morgan fingerprint density at radius 2 is 2.13 bits per heavy atom. The summed E-state index contributed by atoms with van der Waals surface area (Å²) < 4.78 is 18.4. The highest BCUT2D eigenvalue weighted by Gasteiger charge is 2.15. The summed E-state index contributed by atoms with van der Waals surface area (Å²) >= 11 is 3.19. The second-order valence-corrected chi connectivity index (χ2v) is 3.78. The fourth-order valence-electron chi connectivity index (χ4n) is 1.21. The van der Waals surface area contributed by atoms with Crippen LogP contribution in [0.25, 0.3) is 0 Å². The third-order valence-corrected chi connectivity index (χ3v) is 2.61. The summed E-state index contributed by atoms with van der Waals surface area (Å²) in [4.78, 5) is 11.8. The van der Waals surface area contributed by atoms with E-state index in [1.165, 1.54) is 24.5 Å². The van der Waals surface area contributed by atoms with Crippen molar-refractivity contribution in [1.29, 1.82) is 0 Å². The van der Waals surface area contributed by atoms with Crippen LogP contribution in [-0.4, -0.2) is 5.78 Å². The third kappa shape index (κ3) is 1.99. The molecule has 2 aromatic rings. The Balaban J connectivity index is 2.46. The number of benzene rings is 1. The van der Waals surface area contributed by atoms with Crippen LogP contribution in [0.15, 0.2) is 45.5 Å². The molecular weight excluding hydrogens is 263 g/mol. The van der Waals surface area contributed by atoms with Gasteiger partial charge in [-0.25, -0.2) is 4.39 Å². The lowest BCUT2D eigenvalue weighted by Gasteiger charge is -2.00. The summed E-state index contributed by atoms with van der Waals surface area (Å²) in [6.07, 6.45) is 1.40. The molecule has 15 heavy (non-hydrogen) atoms. The molecule has 0 amide bonds. The van der Waals surface area contributed by atoms with E-state index >= 15 is 0 Å². The molecule has 4 heteroatoms. The molecule has 0 atom stereocenters. The molecule has 0 saturated carbocycles. The standard InChI is InChI=1S/C11H6BrFO2/c12-9-4-3-7(13)6-8(9)11(14)10-2-1-5-15-10/h1-6H. The van der Waals surface area contributed by atoms with Crippen molar-refractivity contribution in [2.75, 3.05) is 0 Å². The first-order valence-corrected chi connectivity index (χ1v) is 5.01. The summed E-state index contributed by atoms with van der Waals surface area (Å²) in [5, 5.41) is 0. The van der Waals surface area contributed by atoms with E-state index in [0.29, 0.717) is 4.47 Å². The van der Waals surface area contributed by atoms with Gasteiger partial charge < -0.3 is 4.42 Å². The zero-order valence-corrected chi connectivity index (χ0v) is 9.12. The minimum Gasteiger partial charge on any atom is -0.461 e. The molecular formula is C11H6BrFO2. The molecule has 0 unspecified atom stereocenters. The summed E-state index contributed by atoms with van der Waals surface area (Å²) in [7, 11) is 0. The van der Waals surface area contributed by atoms with Gasteiger partial charge in [0.1, 0.15) is 5.82 Å². The number of furan rings is 1. The van der Waals surface area contributed by atoms with Gasteiger partial charge in [0.2, 0.25) is 5.78 Å². The van der Waals surface area contributed by atoms with Gasteiger partial charge in [0.15, 0.2) is 5.76 Å². The molecule has 1 heterocycles. The van der Waals surface area contributed by atoms with Crippen LogP contribution < -0.4 is 0 Å². The maximum Gasteiger partial charge on any atom is 0.229 e. The molecule has 0 saturated heterocycles. The van der Waals surface area contributed by atoms with Crippen LogP contribution in [0, 0.1) is 5.82 Å². The number of carbonyl (C=O) groups excluding carboxylic acids is 1. The van der Waals surface area contributed by atoms with Gasteiger partial charge in [0.05, 0.1) is 6.26 Å². The Morgan fingerprint density at radius 1 is 1.33 bits per heavy atom. The number of ketones is 1. The molecule has 0 spiro atoms. The number of halogens is 2. The minimum atomic E-state index is -0.451. The number of rotatable bonds is 2. The van der Waals surface area contributed by atoms with Gasteiger partial charge in [-0.1, -0.05) is 15.9 Å². The smallest absolute Gasteiger partial charge is 0.229 e. The highest BCUT2D eigenvalue weighted by molar-refractivity contribution is 9.10. The van der Waals surface area contributed by atoms with E-state index in [0.717, 1.165) is 0 Å². The SMILES string of the molecule is O=C(c1ccco1)c1cc(F)ccc1Br. The van der Waals surface area contributed by atoms with Crippen molar-refractivity contribution < 1.29 is 13.6 Å². The van der Waals surface area contributed by atoms with E-state index < -0.39 is 5.82 Å². The second kappa shape index (κ2) is 3.98. The molecule has 0 radical (unpaired) electrons. The Bertz CT molecular complexity index is 491. The molecule has 0 aliphatic carbocycles. The van der Waals surface area contributed by atoms with Crippen LogP contribution in [0.5, 0.6) is 0 Å². The molecule has 2 nitrogen and oxygen atoms in total. The summed E-state index contributed by atoms with van der Waals surface area (Å²) in [6, 6.07) is 7.10. The molecule has 0 aliphatic rings. The minimum absolute atomic E-state index is 0.196. The van der Waals surface area contributed by atoms with Gasteiger partial charge in [-0.3, -0.25) is 4.79 Å². The predicted molar refractivity (Wildman–Crippen MR) is 56.2 cm³/mol. The fraction of sp³-hybridized carbons (Fsp3) is 0. The van der Waals surface area contributed by atoms with Gasteiger partial charge in [0, 0.05) is 10.0 Å². The van der Waals surface area contributed by atoms with Crippen molar-refractivity contribution in [2.45, 2.75) is 0 Å². The second-order valence-electron chi connectivity index (χ2n) is 2.93. The molecule has 76 valence electrons. The lowest BCUT2D eigenvalue weighted by molar-refractivity contribution is 0.101. The lowest BCUT2D eigenvalue weighted by Crippen LogP contribution is -2.01. The van der Waals surface area contributed by atoms with E-state index in [4.69, 9.17) is 4.42 Å². The van der Waals surface area contributed by atoms with Crippen molar-refractivity contribution in [3.05, 3.63) is 58.2 Å². The largest absolute Gasteiger partial charge is 0.461 e.